The summed E-state index contributed by atoms with van der Waals surface area (Å²) < 4.78 is 0. The predicted octanol–water partition coefficient (Wildman–Crippen LogP) is 1.16. The number of carbonyl (C=O) groups excluding carboxylic acids is 1. The molecule has 1 aliphatic rings. The average Bonchev–Trinajstić information content (AvgIpc) is 2.44. The molecule has 2 rings (SSSR count). The fourth-order valence-corrected chi connectivity index (χ4v) is 2.22. The number of fused-ring (bicyclic) bond motifs is 1. The summed E-state index contributed by atoms with van der Waals surface area (Å²) in [5.41, 5.74) is 2.30. The summed E-state index contributed by atoms with van der Waals surface area (Å²) in [4.78, 5) is 12.1. The van der Waals surface area contributed by atoms with Crippen LogP contribution in [0.5, 0.6) is 0 Å². The van der Waals surface area contributed by atoms with Crippen LogP contribution in [0.25, 0.3) is 0 Å². The summed E-state index contributed by atoms with van der Waals surface area (Å²) in [5.74, 6) is -0.0293. The van der Waals surface area contributed by atoms with Gasteiger partial charge in [0.15, 0.2) is 0 Å². The van der Waals surface area contributed by atoms with E-state index in [1.54, 1.807) is 0 Å². The normalized spacial score (nSPS) is 19.6. The molecule has 0 saturated heterocycles. The maximum absolute atomic E-state index is 12.1. The summed E-state index contributed by atoms with van der Waals surface area (Å²) in [6.45, 7) is 2.61. The van der Waals surface area contributed by atoms with E-state index in [9.17, 15) is 4.79 Å². The zero-order valence-corrected chi connectivity index (χ0v) is 10.6. The van der Waals surface area contributed by atoms with E-state index in [1.807, 2.05) is 31.2 Å². The molecule has 0 spiro atoms. The van der Waals surface area contributed by atoms with Gasteiger partial charge in [0.2, 0.25) is 5.91 Å². The molecule has 2 atom stereocenters. The Morgan fingerprint density at radius 3 is 3.06 bits per heavy atom. The molecule has 0 aromatic heterocycles. The number of carbonyl (C=O) groups is 1. The summed E-state index contributed by atoms with van der Waals surface area (Å²) >= 11 is 0. The lowest BCUT2D eigenvalue weighted by molar-refractivity contribution is -0.125. The van der Waals surface area contributed by atoms with Crippen molar-refractivity contribution in [3.63, 3.8) is 0 Å². The molecular weight excluding hydrogens is 228 g/mol. The first-order valence-corrected chi connectivity index (χ1v) is 6.47. The van der Waals surface area contributed by atoms with Crippen molar-refractivity contribution in [1.82, 2.24) is 5.32 Å². The van der Waals surface area contributed by atoms with Gasteiger partial charge in [-0.1, -0.05) is 25.1 Å². The van der Waals surface area contributed by atoms with Crippen LogP contribution in [0.15, 0.2) is 24.3 Å². The zero-order chi connectivity index (χ0) is 13.0. The molecule has 1 aliphatic heterocycles. The van der Waals surface area contributed by atoms with E-state index in [0.717, 1.165) is 18.5 Å². The first kappa shape index (κ1) is 12.9. The molecule has 1 aromatic rings. The number of hydrogen-bond donors (Lipinski definition) is 3. The van der Waals surface area contributed by atoms with Crippen molar-refractivity contribution in [1.29, 1.82) is 0 Å². The van der Waals surface area contributed by atoms with Gasteiger partial charge in [-0.05, 0) is 24.5 Å². The molecule has 1 amide bonds. The molecule has 0 fully saturated rings. The van der Waals surface area contributed by atoms with Gasteiger partial charge in [0.1, 0.15) is 0 Å². The maximum atomic E-state index is 12.1. The van der Waals surface area contributed by atoms with E-state index in [-0.39, 0.29) is 24.5 Å². The van der Waals surface area contributed by atoms with Gasteiger partial charge in [0.05, 0.1) is 18.6 Å². The van der Waals surface area contributed by atoms with Gasteiger partial charge < -0.3 is 15.7 Å². The molecule has 4 nitrogen and oxygen atoms in total. The first-order valence-electron chi connectivity index (χ1n) is 6.47. The summed E-state index contributed by atoms with van der Waals surface area (Å²) in [6, 6.07) is 7.93. The lowest BCUT2D eigenvalue weighted by Crippen LogP contribution is -2.44. The molecule has 1 heterocycles. The number of hydrogen-bond acceptors (Lipinski definition) is 3. The summed E-state index contributed by atoms with van der Waals surface area (Å²) in [5, 5.41) is 15.3. The molecule has 18 heavy (non-hydrogen) atoms. The molecule has 4 heteroatoms. The third-order valence-electron chi connectivity index (χ3n) is 3.45. The van der Waals surface area contributed by atoms with E-state index < -0.39 is 0 Å². The Balaban J connectivity index is 1.98. The fraction of sp³-hybridized carbons (Fsp3) is 0.500. The van der Waals surface area contributed by atoms with Gasteiger partial charge in [-0.15, -0.1) is 0 Å². The zero-order valence-electron chi connectivity index (χ0n) is 10.6. The molecule has 98 valence electrons. The number of benzene rings is 1. The Bertz CT molecular complexity index is 416. The van der Waals surface area contributed by atoms with Crippen LogP contribution in [0.4, 0.5) is 5.69 Å². The highest BCUT2D eigenvalue weighted by Crippen LogP contribution is 2.24. The average molecular weight is 248 g/mol. The molecule has 1 aromatic carbocycles. The monoisotopic (exact) mass is 248 g/mol. The Hall–Kier alpha value is -1.55. The number of amides is 1. The lowest BCUT2D eigenvalue weighted by Gasteiger charge is -2.26. The minimum Gasteiger partial charge on any atom is -0.394 e. The van der Waals surface area contributed by atoms with Gasteiger partial charge in [0, 0.05) is 12.2 Å². The van der Waals surface area contributed by atoms with E-state index >= 15 is 0 Å². The molecule has 0 radical (unpaired) electrons. The van der Waals surface area contributed by atoms with Gasteiger partial charge in [-0.3, -0.25) is 4.79 Å². The topological polar surface area (TPSA) is 61.4 Å². The van der Waals surface area contributed by atoms with Gasteiger partial charge in [-0.2, -0.15) is 0 Å². The van der Waals surface area contributed by atoms with Crippen LogP contribution in [0.1, 0.15) is 18.9 Å². The number of rotatable bonds is 4. The van der Waals surface area contributed by atoms with Crippen molar-refractivity contribution in [3.05, 3.63) is 29.8 Å². The first-order chi connectivity index (χ1) is 8.74. The Morgan fingerprint density at radius 1 is 1.56 bits per heavy atom. The molecule has 0 aliphatic carbocycles. The third kappa shape index (κ3) is 2.82. The van der Waals surface area contributed by atoms with E-state index in [4.69, 9.17) is 5.11 Å². The number of anilines is 1. The molecule has 0 saturated carbocycles. The second kappa shape index (κ2) is 5.87. The molecule has 1 unspecified atom stereocenters. The minimum atomic E-state index is -0.130. The van der Waals surface area contributed by atoms with Crippen LogP contribution in [0, 0.1) is 5.92 Å². The number of para-hydroxylation sites is 1. The smallest absolute Gasteiger partial charge is 0.225 e. The van der Waals surface area contributed by atoms with Crippen LogP contribution in [0.3, 0.4) is 0 Å². The molecular formula is C14H20N2O2. The van der Waals surface area contributed by atoms with Crippen molar-refractivity contribution in [2.24, 2.45) is 5.92 Å². The van der Waals surface area contributed by atoms with E-state index in [0.29, 0.717) is 6.54 Å². The van der Waals surface area contributed by atoms with Crippen molar-refractivity contribution in [2.75, 3.05) is 18.5 Å². The lowest BCUT2D eigenvalue weighted by atomic mass is 9.93. The second-order valence-electron chi connectivity index (χ2n) is 4.74. The number of aliphatic hydroxyl groups is 1. The largest absolute Gasteiger partial charge is 0.394 e. The second-order valence-corrected chi connectivity index (χ2v) is 4.74. The molecule has 3 N–H and O–H groups in total. The van der Waals surface area contributed by atoms with Crippen molar-refractivity contribution >= 4 is 11.6 Å². The van der Waals surface area contributed by atoms with Gasteiger partial charge in [-0.25, -0.2) is 0 Å². The van der Waals surface area contributed by atoms with Crippen molar-refractivity contribution in [2.45, 2.75) is 25.8 Å². The van der Waals surface area contributed by atoms with Crippen LogP contribution in [0.2, 0.25) is 0 Å². The van der Waals surface area contributed by atoms with Crippen LogP contribution < -0.4 is 10.6 Å². The minimum absolute atomic E-state index is 0.00102. The van der Waals surface area contributed by atoms with Crippen LogP contribution in [-0.2, 0) is 11.2 Å². The van der Waals surface area contributed by atoms with E-state index in [1.165, 1.54) is 5.56 Å². The summed E-state index contributed by atoms with van der Waals surface area (Å²) in [6.07, 6.45) is 1.51. The Kier molecular flexibility index (Phi) is 4.20. The van der Waals surface area contributed by atoms with E-state index in [2.05, 4.69) is 10.6 Å². The Morgan fingerprint density at radius 2 is 2.33 bits per heavy atom. The molecule has 0 bridgehead atoms. The number of nitrogens with one attached hydrogen (secondary N) is 2. The number of aliphatic hydroxyl groups excluding tert-OH is 1. The highest BCUT2D eigenvalue weighted by atomic mass is 16.3. The van der Waals surface area contributed by atoms with Crippen molar-refractivity contribution < 1.29 is 9.90 Å². The highest BCUT2D eigenvalue weighted by molar-refractivity contribution is 5.81. The van der Waals surface area contributed by atoms with Crippen molar-refractivity contribution in [3.8, 4) is 0 Å². The van der Waals surface area contributed by atoms with Gasteiger partial charge in [0.25, 0.3) is 0 Å². The fourth-order valence-electron chi connectivity index (χ4n) is 2.22. The van der Waals surface area contributed by atoms with Crippen LogP contribution in [-0.4, -0.2) is 30.2 Å². The Labute approximate surface area is 107 Å². The quantitative estimate of drug-likeness (QED) is 0.749. The van der Waals surface area contributed by atoms with Crippen LogP contribution >= 0.6 is 0 Å². The summed E-state index contributed by atoms with van der Waals surface area (Å²) in [7, 11) is 0. The standard InChI is InChI=1S/C14H20N2O2/c1-2-12(9-17)16-14(18)11-7-10-5-3-4-6-13(10)15-8-11/h3-6,11-12,15,17H,2,7-9H2,1H3,(H,16,18)/t11?,12-/m0/s1. The predicted molar refractivity (Wildman–Crippen MR) is 71.4 cm³/mol. The highest BCUT2D eigenvalue weighted by Gasteiger charge is 2.25. The SMILES string of the molecule is CC[C@@H](CO)NC(=O)C1CNc2ccccc2C1. The van der Waals surface area contributed by atoms with Gasteiger partial charge >= 0.3 is 0 Å². The third-order valence-corrected chi connectivity index (χ3v) is 3.45. The maximum Gasteiger partial charge on any atom is 0.225 e.